The molecule has 1 heterocycles. The highest BCUT2D eigenvalue weighted by molar-refractivity contribution is 6.25. The maximum atomic E-state index is 14.7. The fraction of sp³-hybridized carbons (Fsp3) is 0.575. The monoisotopic (exact) mass is 658 g/mol. The van der Waals surface area contributed by atoms with Gasteiger partial charge in [-0.15, -0.1) is 0 Å². The Hall–Kier alpha value is -3.65. The number of aliphatic hydroxyl groups is 3. The molecule has 1 fully saturated rings. The second-order valence-corrected chi connectivity index (χ2v) is 16.4. The number of rotatable bonds is 6. The average molecular weight is 659 g/mol. The van der Waals surface area contributed by atoms with Gasteiger partial charge in [-0.1, -0.05) is 61.3 Å². The van der Waals surface area contributed by atoms with Crippen LogP contribution >= 0.6 is 0 Å². The summed E-state index contributed by atoms with van der Waals surface area (Å²) in [6.45, 7) is 14.6. The lowest BCUT2D eigenvalue weighted by Gasteiger charge is -2.59. The second-order valence-electron chi connectivity index (χ2n) is 16.4. The Bertz CT molecular complexity index is 1780. The van der Waals surface area contributed by atoms with E-state index in [1.807, 2.05) is 52.8 Å². The van der Waals surface area contributed by atoms with Gasteiger partial charge in [-0.05, 0) is 85.6 Å². The largest absolute Gasteiger partial charge is 0.511 e. The van der Waals surface area contributed by atoms with E-state index in [0.717, 1.165) is 43.4 Å². The van der Waals surface area contributed by atoms with E-state index in [0.29, 0.717) is 22.8 Å². The second kappa shape index (κ2) is 11.5. The van der Waals surface area contributed by atoms with Gasteiger partial charge in [0, 0.05) is 28.7 Å². The van der Waals surface area contributed by atoms with E-state index in [2.05, 4.69) is 6.92 Å². The summed E-state index contributed by atoms with van der Waals surface area (Å²) < 4.78 is 6.30. The lowest BCUT2D eigenvalue weighted by Crippen LogP contribution is -2.67. The zero-order valence-corrected chi connectivity index (χ0v) is 29.5. The molecule has 0 saturated heterocycles. The van der Waals surface area contributed by atoms with Crippen molar-refractivity contribution in [3.8, 4) is 17.1 Å². The molecule has 6 rings (SSSR count). The van der Waals surface area contributed by atoms with Crippen LogP contribution in [0.15, 0.2) is 45.3 Å². The Balaban J connectivity index is 1.50. The van der Waals surface area contributed by atoms with Crippen molar-refractivity contribution < 1.29 is 39.2 Å². The maximum absolute atomic E-state index is 14.7. The van der Waals surface area contributed by atoms with Gasteiger partial charge >= 0.3 is 0 Å². The fourth-order valence-electron chi connectivity index (χ4n) is 9.98. The average Bonchev–Trinajstić information content (AvgIpc) is 3.43. The number of Topliss-reactive ketones (excluding diaryl/α,β-unsaturated/α-hetero) is 3. The number of hydrogen-bond acceptors (Lipinski definition) is 8. The molecule has 0 bridgehead atoms. The van der Waals surface area contributed by atoms with E-state index in [9.17, 15) is 34.8 Å². The third-order valence-electron chi connectivity index (χ3n) is 12.2. The number of hydrogen-bond donors (Lipinski definition) is 4. The molecule has 8 heteroatoms. The van der Waals surface area contributed by atoms with Crippen molar-refractivity contribution in [3.63, 3.8) is 0 Å². The quantitative estimate of drug-likeness (QED) is 0.228. The van der Waals surface area contributed by atoms with Crippen molar-refractivity contribution in [1.29, 1.82) is 0 Å². The molecule has 8 nitrogen and oxygen atoms in total. The number of phenols is 1. The summed E-state index contributed by atoms with van der Waals surface area (Å²) in [5, 5.41) is 47.6. The van der Waals surface area contributed by atoms with Gasteiger partial charge in [0.2, 0.25) is 5.78 Å². The van der Waals surface area contributed by atoms with E-state index in [-0.39, 0.29) is 41.6 Å². The maximum Gasteiger partial charge on any atom is 0.209 e. The minimum Gasteiger partial charge on any atom is -0.511 e. The highest BCUT2D eigenvalue weighted by Gasteiger charge is 2.71. The Morgan fingerprint density at radius 2 is 1.67 bits per heavy atom. The summed E-state index contributed by atoms with van der Waals surface area (Å²) >= 11 is 0. The smallest absolute Gasteiger partial charge is 0.209 e. The van der Waals surface area contributed by atoms with Gasteiger partial charge in [-0.25, -0.2) is 0 Å². The predicted molar refractivity (Wildman–Crippen MR) is 182 cm³/mol. The number of allylic oxidation sites excluding steroid dienone is 2. The van der Waals surface area contributed by atoms with Crippen molar-refractivity contribution in [2.24, 2.45) is 34.5 Å². The first-order valence-corrected chi connectivity index (χ1v) is 17.5. The van der Waals surface area contributed by atoms with Crippen LogP contribution in [0.1, 0.15) is 121 Å². The van der Waals surface area contributed by atoms with Crippen LogP contribution in [-0.2, 0) is 22.4 Å². The summed E-state index contributed by atoms with van der Waals surface area (Å²) in [7, 11) is 0. The molecular weight excluding hydrogens is 608 g/mol. The van der Waals surface area contributed by atoms with Crippen LogP contribution in [0.5, 0.6) is 5.75 Å². The van der Waals surface area contributed by atoms with Crippen molar-refractivity contribution in [3.05, 3.63) is 63.3 Å². The van der Waals surface area contributed by atoms with Gasteiger partial charge in [0.15, 0.2) is 17.2 Å². The number of phenolic OH excluding ortho intramolecular Hbond substituents is 1. The predicted octanol–water partition coefficient (Wildman–Crippen LogP) is 8.10. The molecular formula is C40H50O8. The number of fused-ring (bicyclic) bond motifs is 3. The molecule has 1 aromatic heterocycles. The molecule has 4 aliphatic rings. The van der Waals surface area contributed by atoms with Gasteiger partial charge in [-0.2, -0.15) is 0 Å². The molecule has 4 aliphatic carbocycles. The number of carbonyl (C=O) groups is 3. The lowest BCUT2D eigenvalue weighted by molar-refractivity contribution is -0.171. The van der Waals surface area contributed by atoms with Crippen LogP contribution in [0.4, 0.5) is 0 Å². The highest BCUT2D eigenvalue weighted by Crippen LogP contribution is 2.65. The van der Waals surface area contributed by atoms with Crippen molar-refractivity contribution in [2.75, 3.05) is 0 Å². The molecule has 258 valence electrons. The van der Waals surface area contributed by atoms with Crippen LogP contribution < -0.4 is 0 Å². The SMILES string of the molecule is CC(=O)C1=C(O)C(C(C)C)[C@@]2(C)C[C@@]3(C)Cc4c(C(C)C)cc(-c5ccc(CC6CCC(C)CC6)o5)c(O)c4C(=O)C3=C(O)[C@@]2(O)C1=O. The molecule has 0 radical (unpaired) electrons. The van der Waals surface area contributed by atoms with E-state index < -0.39 is 56.8 Å². The van der Waals surface area contributed by atoms with Gasteiger partial charge < -0.3 is 24.8 Å². The van der Waals surface area contributed by atoms with E-state index in [1.54, 1.807) is 6.92 Å². The summed E-state index contributed by atoms with van der Waals surface area (Å²) in [4.78, 5) is 41.4. The summed E-state index contributed by atoms with van der Waals surface area (Å²) in [5.74, 6) is -2.66. The van der Waals surface area contributed by atoms with E-state index >= 15 is 0 Å². The van der Waals surface area contributed by atoms with Crippen LogP contribution in [-0.4, -0.2) is 43.4 Å². The van der Waals surface area contributed by atoms with Crippen LogP contribution in [0.3, 0.4) is 0 Å². The Morgan fingerprint density at radius 1 is 1.02 bits per heavy atom. The Morgan fingerprint density at radius 3 is 2.25 bits per heavy atom. The zero-order valence-electron chi connectivity index (χ0n) is 29.5. The highest BCUT2D eigenvalue weighted by atomic mass is 16.4. The molecule has 4 atom stereocenters. The molecule has 1 unspecified atom stereocenters. The minimum atomic E-state index is -2.64. The molecule has 0 spiro atoms. The van der Waals surface area contributed by atoms with E-state index in [1.165, 1.54) is 12.8 Å². The molecule has 1 aromatic carbocycles. The Kier molecular flexibility index (Phi) is 8.17. The van der Waals surface area contributed by atoms with Crippen molar-refractivity contribution in [1.82, 2.24) is 0 Å². The Labute approximate surface area is 282 Å². The number of furan rings is 1. The summed E-state index contributed by atoms with van der Waals surface area (Å²) in [6, 6.07) is 5.65. The normalized spacial score (nSPS) is 32.1. The molecule has 48 heavy (non-hydrogen) atoms. The van der Waals surface area contributed by atoms with Gasteiger partial charge in [0.05, 0.1) is 11.1 Å². The van der Waals surface area contributed by atoms with Crippen LogP contribution in [0, 0.1) is 34.5 Å². The summed E-state index contributed by atoms with van der Waals surface area (Å²) in [6.07, 6.45) is 5.83. The third kappa shape index (κ3) is 4.76. The standard InChI is InChI=1S/C40H50O8/c1-19(2)25-16-26(28-14-13-24(48-28)15-23-11-9-21(5)10-12-23)33(42)30-27(25)17-38(7)18-39(8)31(20(3)4)34(43)29(22(6)41)36(45)40(39,47)37(46)32(38)35(30)44/h13-14,16,19-21,23,31,42-43,46-47H,9-12,15,17-18H2,1-8H3/t21?,23?,31?,38-,39-,40+/m1/s1. The first-order chi connectivity index (χ1) is 22.4. The first kappa shape index (κ1) is 34.2. The molecule has 0 amide bonds. The number of aliphatic hydroxyl groups excluding tert-OH is 2. The minimum absolute atomic E-state index is 0.0236. The van der Waals surface area contributed by atoms with E-state index in [4.69, 9.17) is 4.42 Å². The lowest BCUT2D eigenvalue weighted by atomic mass is 9.44. The number of carbonyl (C=O) groups excluding carboxylic acids is 3. The third-order valence-corrected chi connectivity index (χ3v) is 12.2. The molecule has 0 aliphatic heterocycles. The fourth-order valence-corrected chi connectivity index (χ4v) is 9.98. The van der Waals surface area contributed by atoms with Gasteiger partial charge in [0.1, 0.15) is 34.4 Å². The topological polar surface area (TPSA) is 145 Å². The number of aromatic hydroxyl groups is 1. The summed E-state index contributed by atoms with van der Waals surface area (Å²) in [5.41, 5.74) is -3.96. The first-order valence-electron chi connectivity index (χ1n) is 17.5. The number of ketones is 3. The molecule has 1 saturated carbocycles. The van der Waals surface area contributed by atoms with Gasteiger partial charge in [-0.3, -0.25) is 14.4 Å². The molecule has 4 N–H and O–H groups in total. The van der Waals surface area contributed by atoms with Crippen LogP contribution in [0.25, 0.3) is 11.3 Å². The van der Waals surface area contributed by atoms with Crippen molar-refractivity contribution in [2.45, 2.75) is 112 Å². The van der Waals surface area contributed by atoms with Gasteiger partial charge in [0.25, 0.3) is 0 Å². The molecule has 2 aromatic rings. The van der Waals surface area contributed by atoms with Crippen LogP contribution in [0.2, 0.25) is 0 Å². The van der Waals surface area contributed by atoms with Crippen molar-refractivity contribution >= 4 is 17.3 Å². The zero-order chi connectivity index (χ0) is 35.2. The number of benzene rings is 1.